The fraction of sp³-hybridized carbons (Fsp3) is 0.467. The first-order valence-corrected chi connectivity index (χ1v) is 7.44. The molecule has 1 aromatic carbocycles. The highest BCUT2D eigenvalue weighted by Crippen LogP contribution is 2.16. The molecule has 2 amide bonds. The van der Waals surface area contributed by atoms with Gasteiger partial charge in [0.05, 0.1) is 12.6 Å². The predicted octanol–water partition coefficient (Wildman–Crippen LogP) is 1.17. The van der Waals surface area contributed by atoms with E-state index in [1.54, 1.807) is 13.1 Å². The van der Waals surface area contributed by atoms with E-state index in [4.69, 9.17) is 11.6 Å². The molecular formula is C15H20ClN3O2. The summed E-state index contributed by atoms with van der Waals surface area (Å²) in [6.07, 6.45) is 1.75. The van der Waals surface area contributed by atoms with Crippen LogP contribution in [0.25, 0.3) is 0 Å². The number of hydrogen-bond acceptors (Lipinski definition) is 3. The number of amides is 2. The molecule has 21 heavy (non-hydrogen) atoms. The van der Waals surface area contributed by atoms with Gasteiger partial charge in [0, 0.05) is 18.6 Å². The van der Waals surface area contributed by atoms with Crippen LogP contribution in [0.1, 0.15) is 18.4 Å². The lowest BCUT2D eigenvalue weighted by atomic mass is 10.2. The summed E-state index contributed by atoms with van der Waals surface area (Å²) in [6, 6.07) is 7.20. The minimum atomic E-state index is -0.188. The lowest BCUT2D eigenvalue weighted by Gasteiger charge is -2.22. The number of hydrogen-bond donors (Lipinski definition) is 2. The van der Waals surface area contributed by atoms with Gasteiger partial charge >= 0.3 is 0 Å². The third-order valence-corrected chi connectivity index (χ3v) is 3.87. The predicted molar refractivity (Wildman–Crippen MR) is 82.0 cm³/mol. The molecule has 0 aromatic heterocycles. The van der Waals surface area contributed by atoms with Crippen LogP contribution in [0.4, 0.5) is 0 Å². The van der Waals surface area contributed by atoms with Crippen molar-refractivity contribution in [3.8, 4) is 0 Å². The van der Waals surface area contributed by atoms with Crippen LogP contribution in [0.15, 0.2) is 24.3 Å². The Morgan fingerprint density at radius 1 is 1.43 bits per heavy atom. The van der Waals surface area contributed by atoms with Crippen LogP contribution in [-0.4, -0.2) is 42.9 Å². The Kier molecular flexibility index (Phi) is 5.59. The van der Waals surface area contributed by atoms with Gasteiger partial charge in [-0.2, -0.15) is 0 Å². The van der Waals surface area contributed by atoms with Crippen molar-refractivity contribution in [2.45, 2.75) is 25.4 Å². The van der Waals surface area contributed by atoms with Crippen LogP contribution in [0.2, 0.25) is 5.02 Å². The standard InChI is InChI=1S/C15H20ClN3O2/c1-17-15(21)13-6-3-7-19(13)10-14(20)18-9-11-4-2-5-12(16)8-11/h2,4-5,8,13H,3,6-7,9-10H2,1H3,(H,17,21)(H,18,20)/t13-/m0/s1. The zero-order chi connectivity index (χ0) is 15.2. The van der Waals surface area contributed by atoms with Gasteiger partial charge in [0.2, 0.25) is 11.8 Å². The van der Waals surface area contributed by atoms with Crippen molar-refractivity contribution in [1.82, 2.24) is 15.5 Å². The van der Waals surface area contributed by atoms with Gasteiger partial charge in [-0.25, -0.2) is 0 Å². The summed E-state index contributed by atoms with van der Waals surface area (Å²) in [6.45, 7) is 1.47. The topological polar surface area (TPSA) is 61.4 Å². The normalized spacial score (nSPS) is 18.5. The van der Waals surface area contributed by atoms with Gasteiger partial charge in [-0.15, -0.1) is 0 Å². The molecule has 1 aliphatic rings. The van der Waals surface area contributed by atoms with E-state index >= 15 is 0 Å². The molecule has 0 unspecified atom stereocenters. The second-order valence-electron chi connectivity index (χ2n) is 5.15. The van der Waals surface area contributed by atoms with E-state index < -0.39 is 0 Å². The van der Waals surface area contributed by atoms with E-state index in [0.717, 1.165) is 24.9 Å². The summed E-state index contributed by atoms with van der Waals surface area (Å²) in [5.41, 5.74) is 0.958. The van der Waals surface area contributed by atoms with Crippen molar-refractivity contribution in [3.63, 3.8) is 0 Å². The van der Waals surface area contributed by atoms with E-state index in [1.165, 1.54) is 0 Å². The van der Waals surface area contributed by atoms with E-state index in [9.17, 15) is 9.59 Å². The van der Waals surface area contributed by atoms with Crippen LogP contribution in [0, 0.1) is 0 Å². The van der Waals surface area contributed by atoms with E-state index in [1.807, 2.05) is 23.1 Å². The average Bonchev–Trinajstić information content (AvgIpc) is 2.92. The molecule has 1 aromatic rings. The molecule has 1 aliphatic heterocycles. The van der Waals surface area contributed by atoms with Crippen LogP contribution < -0.4 is 10.6 Å². The van der Waals surface area contributed by atoms with Crippen molar-refractivity contribution in [2.24, 2.45) is 0 Å². The van der Waals surface area contributed by atoms with Gasteiger partial charge in [0.1, 0.15) is 0 Å². The number of benzene rings is 1. The SMILES string of the molecule is CNC(=O)[C@@H]1CCCN1CC(=O)NCc1cccc(Cl)c1. The monoisotopic (exact) mass is 309 g/mol. The second kappa shape index (κ2) is 7.43. The fourth-order valence-corrected chi connectivity index (χ4v) is 2.78. The van der Waals surface area contributed by atoms with Crippen molar-refractivity contribution < 1.29 is 9.59 Å². The number of rotatable bonds is 5. The van der Waals surface area contributed by atoms with Crippen LogP contribution in [-0.2, 0) is 16.1 Å². The third kappa shape index (κ3) is 4.44. The third-order valence-electron chi connectivity index (χ3n) is 3.64. The lowest BCUT2D eigenvalue weighted by molar-refractivity contribution is -0.127. The Bertz CT molecular complexity index is 521. The summed E-state index contributed by atoms with van der Waals surface area (Å²) >= 11 is 5.90. The first-order valence-electron chi connectivity index (χ1n) is 7.07. The summed E-state index contributed by atoms with van der Waals surface area (Å²) in [7, 11) is 1.62. The summed E-state index contributed by atoms with van der Waals surface area (Å²) in [4.78, 5) is 25.6. The summed E-state index contributed by atoms with van der Waals surface area (Å²) < 4.78 is 0. The second-order valence-corrected chi connectivity index (χ2v) is 5.59. The molecule has 2 N–H and O–H groups in total. The van der Waals surface area contributed by atoms with Crippen LogP contribution >= 0.6 is 11.6 Å². The molecule has 1 atom stereocenters. The number of likely N-dealkylation sites (tertiary alicyclic amines) is 1. The Morgan fingerprint density at radius 3 is 2.95 bits per heavy atom. The van der Waals surface area contributed by atoms with E-state index in [2.05, 4.69) is 10.6 Å². The average molecular weight is 310 g/mol. The molecule has 6 heteroatoms. The molecule has 0 radical (unpaired) electrons. The minimum Gasteiger partial charge on any atom is -0.358 e. The molecule has 1 fully saturated rings. The Balaban J connectivity index is 1.83. The maximum absolute atomic E-state index is 12.0. The van der Waals surface area contributed by atoms with E-state index in [-0.39, 0.29) is 24.4 Å². The van der Waals surface area contributed by atoms with Gasteiger partial charge < -0.3 is 10.6 Å². The molecular weight excluding hydrogens is 290 g/mol. The summed E-state index contributed by atoms with van der Waals surface area (Å²) in [5.74, 6) is -0.0964. The van der Waals surface area contributed by atoms with E-state index in [0.29, 0.717) is 11.6 Å². The smallest absolute Gasteiger partial charge is 0.237 e. The molecule has 2 rings (SSSR count). The maximum Gasteiger partial charge on any atom is 0.237 e. The van der Waals surface area contributed by atoms with Crippen LogP contribution in [0.3, 0.4) is 0 Å². The zero-order valence-electron chi connectivity index (χ0n) is 12.1. The van der Waals surface area contributed by atoms with Gasteiger partial charge in [0.25, 0.3) is 0 Å². The zero-order valence-corrected chi connectivity index (χ0v) is 12.8. The summed E-state index contributed by atoms with van der Waals surface area (Å²) in [5, 5.41) is 6.16. The molecule has 1 heterocycles. The highest BCUT2D eigenvalue weighted by molar-refractivity contribution is 6.30. The number of carbonyl (C=O) groups is 2. The molecule has 5 nitrogen and oxygen atoms in total. The fourth-order valence-electron chi connectivity index (χ4n) is 2.57. The minimum absolute atomic E-state index is 0.0184. The van der Waals surface area contributed by atoms with Crippen molar-refractivity contribution in [2.75, 3.05) is 20.1 Å². The Morgan fingerprint density at radius 2 is 2.24 bits per heavy atom. The van der Waals surface area contributed by atoms with Gasteiger partial charge in [-0.05, 0) is 37.1 Å². The number of nitrogens with one attached hydrogen (secondary N) is 2. The highest BCUT2D eigenvalue weighted by Gasteiger charge is 2.30. The molecule has 0 saturated carbocycles. The van der Waals surface area contributed by atoms with Gasteiger partial charge in [-0.1, -0.05) is 23.7 Å². The molecule has 1 saturated heterocycles. The first kappa shape index (κ1) is 15.8. The molecule has 0 bridgehead atoms. The lowest BCUT2D eigenvalue weighted by Crippen LogP contribution is -2.46. The van der Waals surface area contributed by atoms with Gasteiger partial charge in [0.15, 0.2) is 0 Å². The first-order chi connectivity index (χ1) is 10.1. The number of halogens is 1. The largest absolute Gasteiger partial charge is 0.358 e. The number of likely N-dealkylation sites (N-methyl/N-ethyl adjacent to an activating group) is 1. The number of carbonyl (C=O) groups excluding carboxylic acids is 2. The molecule has 0 aliphatic carbocycles. The van der Waals surface area contributed by atoms with Crippen molar-refractivity contribution in [1.29, 1.82) is 0 Å². The molecule has 114 valence electrons. The Labute approximate surface area is 129 Å². The van der Waals surface area contributed by atoms with Crippen molar-refractivity contribution in [3.05, 3.63) is 34.9 Å². The van der Waals surface area contributed by atoms with Crippen LogP contribution in [0.5, 0.6) is 0 Å². The molecule has 0 spiro atoms. The quantitative estimate of drug-likeness (QED) is 0.858. The maximum atomic E-state index is 12.0. The highest BCUT2D eigenvalue weighted by atomic mass is 35.5. The van der Waals surface area contributed by atoms with Crippen molar-refractivity contribution >= 4 is 23.4 Å². The Hall–Kier alpha value is -1.59. The van der Waals surface area contributed by atoms with Gasteiger partial charge in [-0.3, -0.25) is 14.5 Å². The number of nitrogens with zero attached hydrogens (tertiary/aromatic N) is 1.